The zero-order valence-corrected chi connectivity index (χ0v) is 19.9. The molecular formula is C23H18BrClN2O3S. The average Bonchev–Trinajstić information content (AvgIpc) is 3.02. The van der Waals surface area contributed by atoms with Crippen LogP contribution in [-0.2, 0) is 9.53 Å². The van der Waals surface area contributed by atoms with Crippen molar-refractivity contribution in [2.45, 2.75) is 19.9 Å². The Labute approximate surface area is 196 Å². The fraction of sp³-hybridized carbons (Fsp3) is 0.174. The molecule has 31 heavy (non-hydrogen) atoms. The SMILES string of the molecule is CCOC(=O)C1=C(C)N=c2sc(=Cc3cccc(Br)c3)c(=O)n2[C@H]1c1ccc(Cl)cc1. The summed E-state index contributed by atoms with van der Waals surface area (Å²) >= 11 is 10.8. The summed E-state index contributed by atoms with van der Waals surface area (Å²) in [4.78, 5) is 31.4. The highest BCUT2D eigenvalue weighted by Crippen LogP contribution is 2.31. The molecule has 0 saturated carbocycles. The van der Waals surface area contributed by atoms with Gasteiger partial charge in [0.25, 0.3) is 5.56 Å². The lowest BCUT2D eigenvalue weighted by atomic mass is 9.96. The lowest BCUT2D eigenvalue weighted by Gasteiger charge is -2.24. The first-order chi connectivity index (χ1) is 14.9. The fourth-order valence-electron chi connectivity index (χ4n) is 3.50. The number of ether oxygens (including phenoxy) is 1. The Kier molecular flexibility index (Phi) is 6.27. The molecule has 3 aromatic rings. The molecule has 0 N–H and O–H groups in total. The van der Waals surface area contributed by atoms with Crippen molar-refractivity contribution >= 4 is 50.9 Å². The van der Waals surface area contributed by atoms with Crippen molar-refractivity contribution in [2.24, 2.45) is 4.99 Å². The fourth-order valence-corrected chi connectivity index (χ4v) is 5.09. The molecule has 1 aliphatic rings. The zero-order valence-electron chi connectivity index (χ0n) is 16.8. The van der Waals surface area contributed by atoms with Gasteiger partial charge in [-0.1, -0.05) is 63.1 Å². The Hall–Kier alpha value is -2.48. The van der Waals surface area contributed by atoms with Crippen LogP contribution in [0.2, 0.25) is 5.02 Å². The van der Waals surface area contributed by atoms with E-state index in [0.29, 0.717) is 25.6 Å². The van der Waals surface area contributed by atoms with Crippen molar-refractivity contribution in [3.8, 4) is 0 Å². The normalized spacial score (nSPS) is 16.1. The number of esters is 1. The summed E-state index contributed by atoms with van der Waals surface area (Å²) in [6.07, 6.45) is 1.83. The third-order valence-corrected chi connectivity index (χ3v) is 6.58. The van der Waals surface area contributed by atoms with Gasteiger partial charge in [0.1, 0.15) is 0 Å². The monoisotopic (exact) mass is 516 g/mol. The minimum absolute atomic E-state index is 0.210. The molecule has 0 spiro atoms. The van der Waals surface area contributed by atoms with Crippen LogP contribution in [0.4, 0.5) is 0 Å². The van der Waals surface area contributed by atoms with E-state index in [0.717, 1.165) is 15.6 Å². The van der Waals surface area contributed by atoms with Crippen molar-refractivity contribution in [2.75, 3.05) is 6.61 Å². The molecule has 2 aromatic carbocycles. The molecule has 1 aromatic heterocycles. The summed E-state index contributed by atoms with van der Waals surface area (Å²) in [5.74, 6) is -0.482. The van der Waals surface area contributed by atoms with Crippen molar-refractivity contribution in [3.05, 3.63) is 100 Å². The quantitative estimate of drug-likeness (QED) is 0.487. The van der Waals surface area contributed by atoms with Crippen LogP contribution in [0, 0.1) is 0 Å². The second-order valence-electron chi connectivity index (χ2n) is 6.91. The van der Waals surface area contributed by atoms with Gasteiger partial charge in [-0.2, -0.15) is 0 Å². The van der Waals surface area contributed by atoms with Crippen molar-refractivity contribution in [1.29, 1.82) is 0 Å². The molecule has 0 fully saturated rings. The summed E-state index contributed by atoms with van der Waals surface area (Å²) in [7, 11) is 0. The van der Waals surface area contributed by atoms with Gasteiger partial charge in [0, 0.05) is 9.50 Å². The highest BCUT2D eigenvalue weighted by atomic mass is 79.9. The van der Waals surface area contributed by atoms with Crippen LogP contribution in [0.25, 0.3) is 6.08 Å². The van der Waals surface area contributed by atoms with Gasteiger partial charge in [0.2, 0.25) is 0 Å². The van der Waals surface area contributed by atoms with Crippen molar-refractivity contribution in [3.63, 3.8) is 0 Å². The minimum atomic E-state index is -0.641. The van der Waals surface area contributed by atoms with E-state index in [1.807, 2.05) is 42.5 Å². The lowest BCUT2D eigenvalue weighted by Crippen LogP contribution is -2.39. The Morgan fingerprint density at radius 1 is 1.29 bits per heavy atom. The first-order valence-electron chi connectivity index (χ1n) is 9.59. The molecule has 0 amide bonds. The Balaban J connectivity index is 1.96. The van der Waals surface area contributed by atoms with E-state index in [1.54, 1.807) is 30.5 Å². The third-order valence-electron chi connectivity index (χ3n) is 4.85. The molecular weight excluding hydrogens is 500 g/mol. The van der Waals surface area contributed by atoms with Crippen LogP contribution in [0.3, 0.4) is 0 Å². The number of benzene rings is 2. The molecule has 1 aliphatic heterocycles. The van der Waals surface area contributed by atoms with Crippen LogP contribution in [0.15, 0.2) is 74.1 Å². The van der Waals surface area contributed by atoms with Gasteiger partial charge in [-0.25, -0.2) is 9.79 Å². The van der Waals surface area contributed by atoms with E-state index >= 15 is 0 Å². The zero-order chi connectivity index (χ0) is 22.1. The topological polar surface area (TPSA) is 60.7 Å². The van der Waals surface area contributed by atoms with Gasteiger partial charge in [0.15, 0.2) is 4.80 Å². The summed E-state index contributed by atoms with van der Waals surface area (Å²) < 4.78 is 8.32. The van der Waals surface area contributed by atoms with E-state index in [9.17, 15) is 9.59 Å². The predicted octanol–water partition coefficient (Wildman–Crippen LogP) is 4.21. The number of halogens is 2. The molecule has 8 heteroatoms. The number of thiazole rings is 1. The summed E-state index contributed by atoms with van der Waals surface area (Å²) in [6.45, 7) is 3.75. The number of carbonyl (C=O) groups is 1. The largest absolute Gasteiger partial charge is 0.463 e. The summed E-state index contributed by atoms with van der Waals surface area (Å²) in [6, 6.07) is 14.2. The first-order valence-corrected chi connectivity index (χ1v) is 11.6. The maximum atomic E-state index is 13.5. The van der Waals surface area contributed by atoms with Crippen LogP contribution in [0.5, 0.6) is 0 Å². The third kappa shape index (κ3) is 4.31. The van der Waals surface area contributed by atoms with Gasteiger partial charge in [0.05, 0.1) is 28.5 Å². The molecule has 0 aliphatic carbocycles. The molecule has 0 saturated heterocycles. The Bertz CT molecular complexity index is 1370. The van der Waals surface area contributed by atoms with Gasteiger partial charge < -0.3 is 4.74 Å². The van der Waals surface area contributed by atoms with Gasteiger partial charge >= 0.3 is 5.97 Å². The van der Waals surface area contributed by atoms with E-state index in [1.165, 1.54) is 11.3 Å². The minimum Gasteiger partial charge on any atom is -0.463 e. The lowest BCUT2D eigenvalue weighted by molar-refractivity contribution is -0.139. The number of aromatic nitrogens is 1. The standard InChI is InChI=1S/C23H18BrClN2O3S/c1-3-30-22(29)19-13(2)26-23-27(20(19)15-7-9-17(25)10-8-15)21(28)18(31-23)12-14-5-4-6-16(24)11-14/h4-12,20H,3H2,1-2H3/t20-/m0/s1. The molecule has 0 radical (unpaired) electrons. The number of hydrogen-bond acceptors (Lipinski definition) is 5. The van der Waals surface area contributed by atoms with E-state index in [-0.39, 0.29) is 12.2 Å². The Morgan fingerprint density at radius 3 is 2.71 bits per heavy atom. The number of carbonyl (C=O) groups excluding carboxylic acids is 1. The highest BCUT2D eigenvalue weighted by Gasteiger charge is 2.33. The van der Waals surface area contributed by atoms with Crippen molar-refractivity contribution < 1.29 is 9.53 Å². The molecule has 5 nitrogen and oxygen atoms in total. The van der Waals surface area contributed by atoms with Crippen LogP contribution < -0.4 is 14.9 Å². The molecule has 4 rings (SSSR count). The highest BCUT2D eigenvalue weighted by molar-refractivity contribution is 9.10. The predicted molar refractivity (Wildman–Crippen MR) is 126 cm³/mol. The molecule has 2 heterocycles. The summed E-state index contributed by atoms with van der Waals surface area (Å²) in [5, 5.41) is 0.573. The molecule has 0 unspecified atom stereocenters. The number of allylic oxidation sites excluding steroid dienone is 1. The molecule has 158 valence electrons. The summed E-state index contributed by atoms with van der Waals surface area (Å²) in [5.41, 5.74) is 2.33. The van der Waals surface area contributed by atoms with Gasteiger partial charge in [-0.3, -0.25) is 9.36 Å². The van der Waals surface area contributed by atoms with Gasteiger partial charge in [-0.15, -0.1) is 0 Å². The van der Waals surface area contributed by atoms with Gasteiger partial charge in [-0.05, 0) is 55.3 Å². The number of rotatable bonds is 4. The van der Waals surface area contributed by atoms with Crippen LogP contribution >= 0.6 is 38.9 Å². The van der Waals surface area contributed by atoms with Crippen LogP contribution in [-0.4, -0.2) is 17.1 Å². The van der Waals surface area contributed by atoms with Crippen molar-refractivity contribution in [1.82, 2.24) is 4.57 Å². The number of nitrogens with zero attached hydrogens (tertiary/aromatic N) is 2. The van der Waals surface area contributed by atoms with Crippen LogP contribution in [0.1, 0.15) is 31.0 Å². The van der Waals surface area contributed by atoms with E-state index < -0.39 is 12.0 Å². The number of fused-ring (bicyclic) bond motifs is 1. The average molecular weight is 518 g/mol. The molecule has 1 atom stereocenters. The van der Waals surface area contributed by atoms with E-state index in [2.05, 4.69) is 20.9 Å². The smallest absolute Gasteiger partial charge is 0.338 e. The number of hydrogen-bond donors (Lipinski definition) is 0. The second-order valence-corrected chi connectivity index (χ2v) is 9.27. The maximum absolute atomic E-state index is 13.5. The van der Waals surface area contributed by atoms with E-state index in [4.69, 9.17) is 16.3 Å². The molecule has 0 bridgehead atoms. The maximum Gasteiger partial charge on any atom is 0.338 e. The Morgan fingerprint density at radius 2 is 2.03 bits per heavy atom. The first kappa shape index (κ1) is 21.7. The second kappa shape index (κ2) is 8.94.